The van der Waals surface area contributed by atoms with Crippen molar-refractivity contribution in [1.82, 2.24) is 9.78 Å². The first-order valence-corrected chi connectivity index (χ1v) is 8.14. The van der Waals surface area contributed by atoms with Gasteiger partial charge in [-0.15, -0.1) is 0 Å². The highest BCUT2D eigenvalue weighted by atomic mass is 79.9. The lowest BCUT2D eigenvalue weighted by Gasteiger charge is -2.07. The highest BCUT2D eigenvalue weighted by molar-refractivity contribution is 9.10. The maximum Gasteiger partial charge on any atom is 0.0697 e. The average Bonchev–Trinajstić information content (AvgIpc) is 2.98. The number of hydrogen-bond donors (Lipinski definition) is 0. The predicted molar refractivity (Wildman–Crippen MR) is 89.3 cm³/mol. The molecule has 2 aromatic carbocycles. The Kier molecular flexibility index (Phi) is 4.03. The van der Waals surface area contributed by atoms with Crippen LogP contribution in [-0.4, -0.2) is 9.78 Å². The monoisotopic (exact) mass is 390 g/mol. The molecule has 3 aromatic rings. The lowest BCUT2D eigenvalue weighted by atomic mass is 10.1. The predicted octanol–water partition coefficient (Wildman–Crippen LogP) is 5.20. The van der Waals surface area contributed by atoms with Gasteiger partial charge in [0.25, 0.3) is 0 Å². The summed E-state index contributed by atoms with van der Waals surface area (Å²) in [4.78, 5) is 0. The highest BCUT2D eigenvalue weighted by Gasteiger charge is 2.07. The molecular weight excluding hydrogens is 380 g/mol. The van der Waals surface area contributed by atoms with Crippen LogP contribution in [0.25, 0.3) is 16.8 Å². The summed E-state index contributed by atoms with van der Waals surface area (Å²) in [6.45, 7) is 0. The molecule has 0 aliphatic carbocycles. The van der Waals surface area contributed by atoms with Crippen molar-refractivity contribution < 1.29 is 0 Å². The van der Waals surface area contributed by atoms with E-state index in [-0.39, 0.29) is 0 Å². The lowest BCUT2D eigenvalue weighted by Crippen LogP contribution is -1.98. The lowest BCUT2D eigenvalue weighted by molar-refractivity contribution is 0.871. The Morgan fingerprint density at radius 3 is 2.55 bits per heavy atom. The van der Waals surface area contributed by atoms with Gasteiger partial charge in [-0.2, -0.15) is 5.10 Å². The van der Waals surface area contributed by atoms with Gasteiger partial charge in [0.1, 0.15) is 0 Å². The van der Waals surface area contributed by atoms with Crippen molar-refractivity contribution in [2.24, 2.45) is 0 Å². The normalized spacial score (nSPS) is 10.7. The largest absolute Gasteiger partial charge is 0.240 e. The van der Waals surface area contributed by atoms with Gasteiger partial charge in [-0.25, -0.2) is 4.68 Å². The fourth-order valence-electron chi connectivity index (χ4n) is 2.10. The van der Waals surface area contributed by atoms with Gasteiger partial charge < -0.3 is 0 Å². The zero-order valence-electron chi connectivity index (χ0n) is 10.6. The van der Waals surface area contributed by atoms with E-state index in [0.29, 0.717) is 0 Å². The molecule has 0 atom stereocenters. The molecule has 0 radical (unpaired) electrons. The summed E-state index contributed by atoms with van der Waals surface area (Å²) >= 11 is 7.04. The Morgan fingerprint density at radius 2 is 1.80 bits per heavy atom. The van der Waals surface area contributed by atoms with Crippen molar-refractivity contribution in [2.75, 3.05) is 0 Å². The second-order valence-corrected chi connectivity index (χ2v) is 5.92. The number of benzene rings is 2. The number of nitrogens with zero attached hydrogens (tertiary/aromatic N) is 2. The molecule has 1 heterocycles. The van der Waals surface area contributed by atoms with Crippen LogP contribution >= 0.6 is 31.9 Å². The van der Waals surface area contributed by atoms with Crippen LogP contribution in [0.4, 0.5) is 0 Å². The molecule has 0 aliphatic heterocycles. The van der Waals surface area contributed by atoms with Gasteiger partial charge in [0, 0.05) is 21.6 Å². The minimum absolute atomic E-state index is 0.802. The SMILES string of the molecule is BrCc1ccc(Br)cc1-n1cc(-c2ccccc2)cn1. The summed E-state index contributed by atoms with van der Waals surface area (Å²) in [5, 5.41) is 5.29. The second kappa shape index (κ2) is 5.94. The Hall–Kier alpha value is -1.39. The van der Waals surface area contributed by atoms with Crippen LogP contribution in [0.5, 0.6) is 0 Å². The smallest absolute Gasteiger partial charge is 0.0697 e. The molecule has 0 saturated carbocycles. The maximum absolute atomic E-state index is 4.49. The minimum Gasteiger partial charge on any atom is -0.240 e. The molecule has 4 heteroatoms. The summed E-state index contributed by atoms with van der Waals surface area (Å²) in [5.41, 5.74) is 4.58. The first-order chi connectivity index (χ1) is 9.78. The van der Waals surface area contributed by atoms with Gasteiger partial charge >= 0.3 is 0 Å². The molecule has 0 N–H and O–H groups in total. The van der Waals surface area contributed by atoms with E-state index < -0.39 is 0 Å². The van der Waals surface area contributed by atoms with Gasteiger partial charge in [0.05, 0.1) is 11.9 Å². The highest BCUT2D eigenvalue weighted by Crippen LogP contribution is 2.25. The Labute approximate surface area is 134 Å². The maximum atomic E-state index is 4.49. The van der Waals surface area contributed by atoms with Gasteiger partial charge in [-0.3, -0.25) is 0 Å². The van der Waals surface area contributed by atoms with Crippen LogP contribution in [0.3, 0.4) is 0 Å². The Balaban J connectivity index is 2.04. The zero-order valence-corrected chi connectivity index (χ0v) is 13.8. The van der Waals surface area contributed by atoms with Crippen LogP contribution in [0, 0.1) is 0 Å². The first-order valence-electron chi connectivity index (χ1n) is 6.23. The van der Waals surface area contributed by atoms with E-state index in [1.165, 1.54) is 11.1 Å². The summed E-state index contributed by atoms with van der Waals surface area (Å²) < 4.78 is 2.97. The molecule has 0 fully saturated rings. The van der Waals surface area contributed by atoms with E-state index in [1.807, 2.05) is 35.1 Å². The molecule has 3 rings (SSSR count). The van der Waals surface area contributed by atoms with E-state index in [2.05, 4.69) is 67.4 Å². The van der Waals surface area contributed by atoms with E-state index in [0.717, 1.165) is 21.1 Å². The Bertz CT molecular complexity index is 720. The van der Waals surface area contributed by atoms with Crippen LogP contribution in [0.2, 0.25) is 0 Å². The molecule has 0 bridgehead atoms. The van der Waals surface area contributed by atoms with Crippen LogP contribution in [0.1, 0.15) is 5.56 Å². The standard InChI is InChI=1S/C16H12Br2N2/c17-9-13-6-7-15(18)8-16(13)20-11-14(10-19-20)12-4-2-1-3-5-12/h1-8,10-11H,9H2. The van der Waals surface area contributed by atoms with Crippen molar-refractivity contribution in [1.29, 1.82) is 0 Å². The summed E-state index contributed by atoms with van der Waals surface area (Å²) in [5.74, 6) is 0. The molecule has 0 amide bonds. The first kappa shape index (κ1) is 13.6. The molecule has 0 spiro atoms. The van der Waals surface area contributed by atoms with Crippen LogP contribution in [-0.2, 0) is 5.33 Å². The third kappa shape index (κ3) is 2.72. The van der Waals surface area contributed by atoms with Gasteiger partial charge in [-0.1, -0.05) is 68.3 Å². The fourth-order valence-corrected chi connectivity index (χ4v) is 2.92. The van der Waals surface area contributed by atoms with Gasteiger partial charge in [-0.05, 0) is 23.3 Å². The topological polar surface area (TPSA) is 17.8 Å². The third-order valence-corrected chi connectivity index (χ3v) is 4.23. The molecule has 2 nitrogen and oxygen atoms in total. The van der Waals surface area contributed by atoms with E-state index in [1.54, 1.807) is 0 Å². The molecule has 0 saturated heterocycles. The van der Waals surface area contributed by atoms with Crippen molar-refractivity contribution in [3.63, 3.8) is 0 Å². The third-order valence-electron chi connectivity index (χ3n) is 3.13. The molecule has 1 aromatic heterocycles. The number of aromatic nitrogens is 2. The Morgan fingerprint density at radius 1 is 1.00 bits per heavy atom. The van der Waals surface area contributed by atoms with Crippen LogP contribution in [0.15, 0.2) is 65.4 Å². The van der Waals surface area contributed by atoms with Crippen molar-refractivity contribution in [2.45, 2.75) is 5.33 Å². The van der Waals surface area contributed by atoms with E-state index in [4.69, 9.17) is 0 Å². The molecule has 0 unspecified atom stereocenters. The number of hydrogen-bond acceptors (Lipinski definition) is 1. The fraction of sp³-hybridized carbons (Fsp3) is 0.0625. The average molecular weight is 392 g/mol. The summed E-state index contributed by atoms with van der Waals surface area (Å²) in [6.07, 6.45) is 3.96. The zero-order chi connectivity index (χ0) is 13.9. The minimum atomic E-state index is 0.802. The molecule has 20 heavy (non-hydrogen) atoms. The quantitative estimate of drug-likeness (QED) is 0.561. The van der Waals surface area contributed by atoms with Crippen LogP contribution < -0.4 is 0 Å². The number of alkyl halides is 1. The molecule has 100 valence electrons. The van der Waals surface area contributed by atoms with E-state index >= 15 is 0 Å². The van der Waals surface area contributed by atoms with Crippen molar-refractivity contribution in [3.05, 3.63) is 71.0 Å². The number of halogens is 2. The van der Waals surface area contributed by atoms with Gasteiger partial charge in [0.2, 0.25) is 0 Å². The van der Waals surface area contributed by atoms with Crippen molar-refractivity contribution in [3.8, 4) is 16.8 Å². The van der Waals surface area contributed by atoms with Gasteiger partial charge in [0.15, 0.2) is 0 Å². The van der Waals surface area contributed by atoms with Crippen molar-refractivity contribution >= 4 is 31.9 Å². The van der Waals surface area contributed by atoms with E-state index in [9.17, 15) is 0 Å². The summed E-state index contributed by atoms with van der Waals surface area (Å²) in [7, 11) is 0. The molecule has 0 aliphatic rings. The number of rotatable bonds is 3. The molecular formula is C16H12Br2N2. The summed E-state index contributed by atoms with van der Waals surface area (Å²) in [6, 6.07) is 16.5. The second-order valence-electron chi connectivity index (χ2n) is 4.45.